The predicted molar refractivity (Wildman–Crippen MR) is 96.0 cm³/mol. The fourth-order valence-electron chi connectivity index (χ4n) is 2.85. The van der Waals surface area contributed by atoms with E-state index < -0.39 is 6.10 Å². The molecule has 1 aliphatic heterocycles. The molecule has 0 radical (unpaired) electrons. The zero-order chi connectivity index (χ0) is 18.4. The van der Waals surface area contributed by atoms with Crippen LogP contribution in [0.3, 0.4) is 0 Å². The summed E-state index contributed by atoms with van der Waals surface area (Å²) >= 11 is 0. The third-order valence-corrected chi connectivity index (χ3v) is 4.15. The minimum Gasteiger partial charge on any atom is -0.389 e. The molecule has 0 aliphatic carbocycles. The van der Waals surface area contributed by atoms with E-state index >= 15 is 0 Å². The molecule has 0 bridgehead atoms. The maximum Gasteiger partial charge on any atom is 0.293 e. The Morgan fingerprint density at radius 2 is 2.28 bits per heavy atom. The number of morpholine rings is 1. The summed E-state index contributed by atoms with van der Waals surface area (Å²) in [7, 11) is 3.55. The van der Waals surface area contributed by atoms with Crippen LogP contribution in [-0.4, -0.2) is 84.3 Å². The molecule has 2 atom stereocenters. The Bertz CT molecular complexity index is 592. The molecule has 1 fully saturated rings. The first-order chi connectivity index (χ1) is 11.9. The quantitative estimate of drug-likeness (QED) is 0.687. The van der Waals surface area contributed by atoms with E-state index in [1.54, 1.807) is 19.4 Å². The summed E-state index contributed by atoms with van der Waals surface area (Å²) in [6.07, 6.45) is 2.82. The Morgan fingerprint density at radius 1 is 1.52 bits per heavy atom. The van der Waals surface area contributed by atoms with Crippen LogP contribution in [0.15, 0.2) is 17.2 Å². The maximum atomic E-state index is 12.1. The third kappa shape index (κ3) is 6.07. The van der Waals surface area contributed by atoms with Gasteiger partial charge in [-0.05, 0) is 13.8 Å². The van der Waals surface area contributed by atoms with E-state index in [0.717, 1.165) is 6.54 Å². The smallest absolute Gasteiger partial charge is 0.293 e. The van der Waals surface area contributed by atoms with Gasteiger partial charge in [-0.15, -0.1) is 0 Å². The van der Waals surface area contributed by atoms with Gasteiger partial charge in [0.1, 0.15) is 0 Å². The molecule has 0 aromatic carbocycles. The van der Waals surface area contributed by atoms with Crippen LogP contribution < -0.4 is 10.5 Å². The van der Waals surface area contributed by atoms with Crippen molar-refractivity contribution < 1.29 is 14.6 Å². The summed E-state index contributed by atoms with van der Waals surface area (Å²) in [5.41, 5.74) is -0.126. The summed E-state index contributed by atoms with van der Waals surface area (Å²) in [4.78, 5) is 20.3. The van der Waals surface area contributed by atoms with Gasteiger partial charge in [-0.3, -0.25) is 9.69 Å². The Morgan fingerprint density at radius 3 is 3.00 bits per heavy atom. The van der Waals surface area contributed by atoms with Gasteiger partial charge in [0.05, 0.1) is 31.5 Å². The molecule has 0 saturated carbocycles. The molecule has 1 aromatic heterocycles. The third-order valence-electron chi connectivity index (χ3n) is 4.15. The molecular weight excluding hydrogens is 324 g/mol. The minimum atomic E-state index is -0.512. The van der Waals surface area contributed by atoms with Crippen LogP contribution in [0.1, 0.15) is 13.8 Å². The molecule has 1 aromatic rings. The van der Waals surface area contributed by atoms with Crippen molar-refractivity contribution in [3.05, 3.63) is 22.7 Å². The van der Waals surface area contributed by atoms with Crippen molar-refractivity contribution in [3.8, 4) is 0 Å². The number of aliphatic hydroxyl groups is 1. The highest BCUT2D eigenvalue weighted by Crippen LogP contribution is 2.10. The first-order valence-electron chi connectivity index (χ1n) is 8.73. The average molecular weight is 354 g/mol. The van der Waals surface area contributed by atoms with Gasteiger partial charge in [-0.1, -0.05) is 0 Å². The monoisotopic (exact) mass is 354 g/mol. The summed E-state index contributed by atoms with van der Waals surface area (Å²) in [5, 5.41) is 10.1. The van der Waals surface area contributed by atoms with Gasteiger partial charge < -0.3 is 24.0 Å². The molecule has 8 heteroatoms. The highest BCUT2D eigenvalue weighted by Gasteiger charge is 2.24. The van der Waals surface area contributed by atoms with Crippen LogP contribution in [0.2, 0.25) is 0 Å². The number of ether oxygens (including phenoxy) is 2. The number of aromatic nitrogens is 2. The lowest BCUT2D eigenvalue weighted by Gasteiger charge is -2.35. The molecule has 0 spiro atoms. The zero-order valence-corrected chi connectivity index (χ0v) is 15.6. The number of aryl methyl sites for hydroxylation is 1. The highest BCUT2D eigenvalue weighted by molar-refractivity contribution is 5.34. The van der Waals surface area contributed by atoms with E-state index in [0.29, 0.717) is 38.7 Å². The van der Waals surface area contributed by atoms with Crippen molar-refractivity contribution >= 4 is 5.82 Å². The Hall–Kier alpha value is -1.48. The SMILES string of the molecule is CC(C)OC[C@H](O)CN1CCO[C@@H](CN(C)c2nccn(C)c2=O)C1. The van der Waals surface area contributed by atoms with Crippen molar-refractivity contribution in [2.24, 2.45) is 7.05 Å². The van der Waals surface area contributed by atoms with Crippen molar-refractivity contribution in [1.29, 1.82) is 0 Å². The van der Waals surface area contributed by atoms with E-state index in [1.165, 1.54) is 4.57 Å². The van der Waals surface area contributed by atoms with Gasteiger partial charge in [-0.2, -0.15) is 0 Å². The predicted octanol–water partition coefficient (Wildman–Crippen LogP) is -0.297. The molecular formula is C17H30N4O4. The van der Waals surface area contributed by atoms with E-state index in [-0.39, 0.29) is 17.8 Å². The molecule has 2 heterocycles. The molecule has 25 heavy (non-hydrogen) atoms. The van der Waals surface area contributed by atoms with Crippen molar-refractivity contribution in [1.82, 2.24) is 14.5 Å². The zero-order valence-electron chi connectivity index (χ0n) is 15.6. The second kappa shape index (κ2) is 9.28. The highest BCUT2D eigenvalue weighted by atomic mass is 16.5. The number of likely N-dealkylation sites (N-methyl/N-ethyl adjacent to an activating group) is 1. The number of hydrogen-bond acceptors (Lipinski definition) is 7. The van der Waals surface area contributed by atoms with Gasteiger partial charge in [0.2, 0.25) is 0 Å². The largest absolute Gasteiger partial charge is 0.389 e. The van der Waals surface area contributed by atoms with Gasteiger partial charge in [0, 0.05) is 52.7 Å². The molecule has 1 N–H and O–H groups in total. The number of aliphatic hydroxyl groups excluding tert-OH is 1. The molecule has 0 amide bonds. The van der Waals surface area contributed by atoms with E-state index in [2.05, 4.69) is 9.88 Å². The lowest BCUT2D eigenvalue weighted by molar-refractivity contribution is -0.0532. The van der Waals surface area contributed by atoms with Crippen molar-refractivity contribution in [3.63, 3.8) is 0 Å². The summed E-state index contributed by atoms with van der Waals surface area (Å²) < 4.78 is 12.8. The molecule has 2 rings (SSSR count). The van der Waals surface area contributed by atoms with Crippen LogP contribution >= 0.6 is 0 Å². The average Bonchev–Trinajstić information content (AvgIpc) is 2.55. The van der Waals surface area contributed by atoms with Crippen molar-refractivity contribution in [2.75, 3.05) is 51.3 Å². The summed E-state index contributed by atoms with van der Waals surface area (Å²) in [6.45, 7) is 7.47. The van der Waals surface area contributed by atoms with Gasteiger partial charge in [0.25, 0.3) is 5.56 Å². The van der Waals surface area contributed by atoms with Crippen molar-refractivity contribution in [2.45, 2.75) is 32.2 Å². The van der Waals surface area contributed by atoms with E-state index in [1.807, 2.05) is 25.8 Å². The number of β-amino-alcohol motifs (C(OH)–C–C–N with tert-alkyl or cyclic N) is 1. The maximum absolute atomic E-state index is 12.1. The van der Waals surface area contributed by atoms with Gasteiger partial charge in [-0.25, -0.2) is 4.98 Å². The first-order valence-corrected chi connectivity index (χ1v) is 8.73. The minimum absolute atomic E-state index is 0.0383. The fraction of sp³-hybridized carbons (Fsp3) is 0.765. The van der Waals surface area contributed by atoms with Crippen LogP contribution in [0, 0.1) is 0 Å². The molecule has 1 saturated heterocycles. The van der Waals surface area contributed by atoms with Crippen LogP contribution in [0.5, 0.6) is 0 Å². The topological polar surface area (TPSA) is 80.1 Å². The molecule has 1 aliphatic rings. The number of anilines is 1. The Balaban J connectivity index is 1.86. The summed E-state index contributed by atoms with van der Waals surface area (Å²) in [6, 6.07) is 0. The molecule has 0 unspecified atom stereocenters. The van der Waals surface area contributed by atoms with E-state index in [4.69, 9.17) is 9.47 Å². The molecule has 142 valence electrons. The lowest BCUT2D eigenvalue weighted by Crippen LogP contribution is -2.50. The van der Waals surface area contributed by atoms with Crippen LogP contribution in [0.25, 0.3) is 0 Å². The summed E-state index contributed by atoms with van der Waals surface area (Å²) in [5.74, 6) is 0.413. The molecule has 8 nitrogen and oxygen atoms in total. The Kier molecular flexibility index (Phi) is 7.37. The second-order valence-electron chi connectivity index (χ2n) is 6.84. The standard InChI is InChI=1S/C17H30N4O4/c1-13(2)25-12-14(22)9-21-7-8-24-15(11-21)10-20(4)16-17(23)19(3)6-5-18-16/h5-6,13-15,22H,7-12H2,1-4H3/t14-,15+/m1/s1. The second-order valence-corrected chi connectivity index (χ2v) is 6.84. The lowest BCUT2D eigenvalue weighted by atomic mass is 10.2. The fourth-order valence-corrected chi connectivity index (χ4v) is 2.85. The number of hydrogen-bond donors (Lipinski definition) is 1. The first kappa shape index (κ1) is 19.8. The van der Waals surface area contributed by atoms with E-state index in [9.17, 15) is 9.90 Å². The normalized spacial score (nSPS) is 20.0. The van der Waals surface area contributed by atoms with Crippen LogP contribution in [-0.2, 0) is 16.5 Å². The Labute approximate surface area is 149 Å². The number of nitrogens with zero attached hydrogens (tertiary/aromatic N) is 4. The number of rotatable bonds is 8. The van der Waals surface area contributed by atoms with Gasteiger partial charge >= 0.3 is 0 Å². The van der Waals surface area contributed by atoms with Gasteiger partial charge in [0.15, 0.2) is 5.82 Å². The van der Waals surface area contributed by atoms with Crippen LogP contribution in [0.4, 0.5) is 5.82 Å².